The summed E-state index contributed by atoms with van der Waals surface area (Å²) in [4.78, 5) is 12.2. The van der Waals surface area contributed by atoms with Crippen molar-refractivity contribution in [1.82, 2.24) is 0 Å². The zero-order valence-electron chi connectivity index (χ0n) is 8.76. The molecule has 0 unspecified atom stereocenters. The minimum Gasteiger partial charge on any atom is -0.478 e. The van der Waals surface area contributed by atoms with Crippen LogP contribution in [-0.2, 0) is 0 Å². The molecule has 0 fully saturated rings. The first-order valence-corrected chi connectivity index (χ1v) is 6.58. The predicted molar refractivity (Wildman–Crippen MR) is 74.3 cm³/mol. The lowest BCUT2D eigenvalue weighted by atomic mass is 10.1. The molecule has 0 bridgehead atoms. The van der Waals surface area contributed by atoms with E-state index in [0.717, 1.165) is 9.35 Å². The molecule has 0 amide bonds. The van der Waals surface area contributed by atoms with Gasteiger partial charge in [0.25, 0.3) is 0 Å². The van der Waals surface area contributed by atoms with Crippen molar-refractivity contribution in [1.29, 1.82) is 0 Å². The molecular formula is C13H9BrO2S. The van der Waals surface area contributed by atoms with E-state index >= 15 is 0 Å². The number of hydrogen-bond acceptors (Lipinski definition) is 2. The van der Waals surface area contributed by atoms with E-state index in [4.69, 9.17) is 5.11 Å². The number of thiophene rings is 1. The molecule has 1 aromatic heterocycles. The van der Waals surface area contributed by atoms with Gasteiger partial charge < -0.3 is 5.11 Å². The average Bonchev–Trinajstić information content (AvgIpc) is 2.80. The summed E-state index contributed by atoms with van der Waals surface area (Å²) in [6, 6.07) is 9.18. The van der Waals surface area contributed by atoms with Crippen LogP contribution in [0, 0.1) is 0 Å². The highest BCUT2D eigenvalue weighted by Crippen LogP contribution is 2.20. The lowest BCUT2D eigenvalue weighted by Crippen LogP contribution is -1.99. The summed E-state index contributed by atoms with van der Waals surface area (Å²) in [5.74, 6) is -0.919. The Bertz CT molecular complexity index is 559. The van der Waals surface area contributed by atoms with E-state index in [2.05, 4.69) is 15.9 Å². The molecule has 0 aliphatic rings. The number of halogens is 1. The molecule has 86 valence electrons. The lowest BCUT2D eigenvalue weighted by Gasteiger charge is -2.01. The van der Waals surface area contributed by atoms with Crippen molar-refractivity contribution in [3.8, 4) is 0 Å². The molecule has 0 spiro atoms. The maximum Gasteiger partial charge on any atom is 0.336 e. The Morgan fingerprint density at radius 3 is 2.76 bits per heavy atom. The predicted octanol–water partition coefficient (Wildman–Crippen LogP) is 4.38. The second-order valence-electron chi connectivity index (χ2n) is 3.39. The summed E-state index contributed by atoms with van der Waals surface area (Å²) < 4.78 is 0.767. The molecule has 1 aromatic carbocycles. The lowest BCUT2D eigenvalue weighted by molar-refractivity contribution is 0.0696. The minimum atomic E-state index is -0.919. The van der Waals surface area contributed by atoms with Crippen LogP contribution in [0.1, 0.15) is 20.8 Å². The molecule has 2 nitrogen and oxygen atoms in total. The molecule has 4 heteroatoms. The third kappa shape index (κ3) is 3.05. The van der Waals surface area contributed by atoms with E-state index in [-0.39, 0.29) is 0 Å². The van der Waals surface area contributed by atoms with Crippen LogP contribution in [-0.4, -0.2) is 11.1 Å². The van der Waals surface area contributed by atoms with Crippen molar-refractivity contribution in [2.24, 2.45) is 0 Å². The number of rotatable bonds is 3. The van der Waals surface area contributed by atoms with E-state index in [1.54, 1.807) is 23.5 Å². The minimum absolute atomic E-state index is 0.298. The van der Waals surface area contributed by atoms with E-state index in [9.17, 15) is 4.79 Å². The van der Waals surface area contributed by atoms with Crippen LogP contribution >= 0.6 is 27.3 Å². The van der Waals surface area contributed by atoms with Gasteiger partial charge in [-0.15, -0.1) is 11.3 Å². The van der Waals surface area contributed by atoms with Crippen LogP contribution in [0.15, 0.2) is 40.2 Å². The molecule has 0 radical (unpaired) electrons. The van der Waals surface area contributed by atoms with Crippen molar-refractivity contribution in [3.63, 3.8) is 0 Å². The fraction of sp³-hybridized carbons (Fsp3) is 0. The highest BCUT2D eigenvalue weighted by atomic mass is 79.9. The molecule has 0 aliphatic carbocycles. The first kappa shape index (κ1) is 12.1. The summed E-state index contributed by atoms with van der Waals surface area (Å²) >= 11 is 4.89. The van der Waals surface area contributed by atoms with Crippen LogP contribution in [0.4, 0.5) is 0 Å². The van der Waals surface area contributed by atoms with Gasteiger partial charge in [-0.2, -0.15) is 0 Å². The Labute approximate surface area is 111 Å². The summed E-state index contributed by atoms with van der Waals surface area (Å²) in [6.07, 6.45) is 3.74. The maximum atomic E-state index is 11.1. The summed E-state index contributed by atoms with van der Waals surface area (Å²) in [6.45, 7) is 0. The van der Waals surface area contributed by atoms with Crippen LogP contribution < -0.4 is 0 Å². The standard InChI is InChI=1S/C13H9BrO2S/c14-10-5-3-9(12(8-10)13(15)16)4-6-11-2-1-7-17-11/h1-8H,(H,15,16). The number of carboxylic acid groups (broad SMARTS) is 1. The monoisotopic (exact) mass is 308 g/mol. The van der Waals surface area contributed by atoms with E-state index < -0.39 is 5.97 Å². The topological polar surface area (TPSA) is 37.3 Å². The maximum absolute atomic E-state index is 11.1. The molecule has 1 heterocycles. The van der Waals surface area contributed by atoms with Gasteiger partial charge in [0.1, 0.15) is 0 Å². The van der Waals surface area contributed by atoms with Gasteiger partial charge in [-0.25, -0.2) is 4.79 Å². The normalized spacial score (nSPS) is 10.9. The van der Waals surface area contributed by atoms with E-state index in [1.165, 1.54) is 0 Å². The Kier molecular flexibility index (Phi) is 3.76. The van der Waals surface area contributed by atoms with Gasteiger partial charge in [0.2, 0.25) is 0 Å². The third-order valence-corrected chi connectivity index (χ3v) is 3.55. The van der Waals surface area contributed by atoms with Gasteiger partial charge in [-0.1, -0.05) is 34.1 Å². The van der Waals surface area contributed by atoms with Crippen molar-refractivity contribution in [3.05, 3.63) is 56.2 Å². The van der Waals surface area contributed by atoms with Gasteiger partial charge in [0, 0.05) is 9.35 Å². The number of carbonyl (C=O) groups is 1. The van der Waals surface area contributed by atoms with Crippen LogP contribution in [0.3, 0.4) is 0 Å². The molecular weight excluding hydrogens is 300 g/mol. The second-order valence-corrected chi connectivity index (χ2v) is 5.28. The molecule has 0 atom stereocenters. The van der Waals surface area contributed by atoms with Gasteiger partial charge in [0.05, 0.1) is 5.56 Å². The molecule has 1 N–H and O–H groups in total. The van der Waals surface area contributed by atoms with Crippen molar-refractivity contribution < 1.29 is 9.90 Å². The number of benzene rings is 1. The molecule has 0 aliphatic heterocycles. The van der Waals surface area contributed by atoms with Crippen molar-refractivity contribution in [2.45, 2.75) is 0 Å². The Morgan fingerprint density at radius 2 is 2.12 bits per heavy atom. The fourth-order valence-corrected chi connectivity index (χ4v) is 2.40. The zero-order valence-corrected chi connectivity index (χ0v) is 11.2. The summed E-state index contributed by atoms with van der Waals surface area (Å²) in [5.41, 5.74) is 1.00. The van der Waals surface area contributed by atoms with Crippen molar-refractivity contribution in [2.75, 3.05) is 0 Å². The van der Waals surface area contributed by atoms with Gasteiger partial charge in [0.15, 0.2) is 0 Å². The zero-order chi connectivity index (χ0) is 12.3. The van der Waals surface area contributed by atoms with Crippen molar-refractivity contribution >= 4 is 45.4 Å². The number of hydrogen-bond donors (Lipinski definition) is 1. The smallest absolute Gasteiger partial charge is 0.336 e. The van der Waals surface area contributed by atoms with Gasteiger partial charge >= 0.3 is 5.97 Å². The summed E-state index contributed by atoms with van der Waals surface area (Å²) in [5, 5.41) is 11.1. The van der Waals surface area contributed by atoms with E-state index in [1.807, 2.05) is 35.7 Å². The Morgan fingerprint density at radius 1 is 1.29 bits per heavy atom. The molecule has 0 saturated heterocycles. The number of carboxylic acids is 1. The Balaban J connectivity index is 2.35. The third-order valence-electron chi connectivity index (χ3n) is 2.22. The molecule has 17 heavy (non-hydrogen) atoms. The van der Waals surface area contributed by atoms with Gasteiger partial charge in [-0.05, 0) is 35.2 Å². The SMILES string of the molecule is O=C(O)c1cc(Br)ccc1C=Cc1cccs1. The average molecular weight is 309 g/mol. The van der Waals surface area contributed by atoms with E-state index in [0.29, 0.717) is 11.1 Å². The van der Waals surface area contributed by atoms with Gasteiger partial charge in [-0.3, -0.25) is 0 Å². The largest absolute Gasteiger partial charge is 0.478 e. The first-order valence-electron chi connectivity index (χ1n) is 4.91. The summed E-state index contributed by atoms with van der Waals surface area (Å²) in [7, 11) is 0. The fourth-order valence-electron chi connectivity index (χ4n) is 1.42. The quantitative estimate of drug-likeness (QED) is 0.913. The van der Waals surface area contributed by atoms with Crippen LogP contribution in [0.25, 0.3) is 12.2 Å². The highest BCUT2D eigenvalue weighted by molar-refractivity contribution is 9.10. The highest BCUT2D eigenvalue weighted by Gasteiger charge is 2.08. The second kappa shape index (κ2) is 5.29. The molecule has 2 rings (SSSR count). The van der Waals surface area contributed by atoms with Crippen LogP contribution in [0.2, 0.25) is 0 Å². The first-order chi connectivity index (χ1) is 8.16. The number of aromatic carboxylic acids is 1. The Hall–Kier alpha value is -1.39. The molecule has 2 aromatic rings. The van der Waals surface area contributed by atoms with Crippen LogP contribution in [0.5, 0.6) is 0 Å². The molecule has 0 saturated carbocycles.